The minimum Gasteiger partial charge on any atom is -0.231 e. The summed E-state index contributed by atoms with van der Waals surface area (Å²) in [5.74, 6) is 0. The van der Waals surface area contributed by atoms with Crippen LogP contribution in [0, 0.1) is 0 Å². The third-order valence-electron chi connectivity index (χ3n) is 0.749. The van der Waals surface area contributed by atoms with Crippen molar-refractivity contribution < 1.29 is 8.78 Å². The quantitative estimate of drug-likeness (QED) is 0.452. The van der Waals surface area contributed by atoms with Gasteiger partial charge in [0.1, 0.15) is 0 Å². The number of alkyl halides is 3. The maximum Gasteiger partial charge on any atom is 0.356 e. The monoisotopic (exact) mass is 240 g/mol. The van der Waals surface area contributed by atoms with Crippen LogP contribution in [0.1, 0.15) is 0 Å². The highest BCUT2D eigenvalue weighted by molar-refractivity contribution is 9.11. The minimum atomic E-state index is -2.99. The van der Waals surface area contributed by atoms with Gasteiger partial charge in [-0.15, -0.1) is 0 Å². The van der Waals surface area contributed by atoms with E-state index >= 15 is 0 Å². The summed E-state index contributed by atoms with van der Waals surface area (Å²) in [4.78, 5) is 7.21. The molecule has 1 rings (SSSR count). The van der Waals surface area contributed by atoms with Crippen LogP contribution in [0.3, 0.4) is 0 Å². The molecule has 60 valence electrons. The summed E-state index contributed by atoms with van der Waals surface area (Å²) in [6, 6.07) is 1.57. The highest BCUT2D eigenvalue weighted by atomic mass is 79.9. The SMILES string of the molecule is FC(F)(Br)Sc1ncccn1. The number of hydrogen-bond donors (Lipinski definition) is 0. The third-order valence-corrected chi connectivity index (χ3v) is 1.86. The Bertz CT molecular complexity index is 226. The Morgan fingerprint density at radius 3 is 2.36 bits per heavy atom. The predicted octanol–water partition coefficient (Wildman–Crippen LogP) is 2.51. The van der Waals surface area contributed by atoms with Gasteiger partial charge >= 0.3 is 4.16 Å². The highest BCUT2D eigenvalue weighted by Crippen LogP contribution is 2.38. The maximum absolute atomic E-state index is 12.2. The van der Waals surface area contributed by atoms with E-state index in [9.17, 15) is 8.78 Å². The van der Waals surface area contributed by atoms with Crippen LogP contribution in [0.25, 0.3) is 0 Å². The van der Waals surface area contributed by atoms with E-state index in [-0.39, 0.29) is 16.9 Å². The lowest BCUT2D eigenvalue weighted by Gasteiger charge is -2.03. The molecule has 11 heavy (non-hydrogen) atoms. The second kappa shape index (κ2) is 3.44. The van der Waals surface area contributed by atoms with Gasteiger partial charge in [-0.05, 0) is 6.07 Å². The molecule has 6 heteroatoms. The summed E-state index contributed by atoms with van der Waals surface area (Å²) < 4.78 is 21.4. The van der Waals surface area contributed by atoms with Gasteiger partial charge in [0.2, 0.25) is 0 Å². The summed E-state index contributed by atoms with van der Waals surface area (Å²) in [6.07, 6.45) is 2.82. The first-order valence-corrected chi connectivity index (χ1v) is 4.21. The molecule has 1 aromatic rings. The van der Waals surface area contributed by atoms with Crippen molar-refractivity contribution in [3.8, 4) is 0 Å². The summed E-state index contributed by atoms with van der Waals surface area (Å²) in [5, 5.41) is 0.0503. The third kappa shape index (κ3) is 3.62. The number of thioether (sulfide) groups is 1. The van der Waals surface area contributed by atoms with Crippen LogP contribution in [-0.2, 0) is 0 Å². The Morgan fingerprint density at radius 2 is 1.91 bits per heavy atom. The highest BCUT2D eigenvalue weighted by Gasteiger charge is 2.26. The molecule has 0 saturated heterocycles. The largest absolute Gasteiger partial charge is 0.356 e. The normalized spacial score (nSPS) is 11.5. The number of halogens is 3. The average Bonchev–Trinajstić information content (AvgIpc) is 1.85. The molecule has 1 heterocycles. The fourth-order valence-corrected chi connectivity index (χ4v) is 1.31. The Balaban J connectivity index is 2.66. The first kappa shape index (κ1) is 8.86. The molecule has 0 unspecified atom stereocenters. The van der Waals surface area contributed by atoms with E-state index in [1.807, 2.05) is 0 Å². The molecule has 0 N–H and O–H groups in total. The standard InChI is InChI=1S/C5H3BrF2N2S/c6-5(7,8)11-4-9-2-1-3-10-4/h1-3H. The molecule has 1 aromatic heterocycles. The smallest absolute Gasteiger partial charge is 0.231 e. The van der Waals surface area contributed by atoms with E-state index in [4.69, 9.17) is 0 Å². The summed E-state index contributed by atoms with van der Waals surface area (Å²) in [7, 11) is 0. The molecule has 2 nitrogen and oxygen atoms in total. The van der Waals surface area contributed by atoms with Crippen molar-refractivity contribution >= 4 is 27.7 Å². The van der Waals surface area contributed by atoms with Crippen LogP contribution >= 0.6 is 27.7 Å². The molecular weight excluding hydrogens is 238 g/mol. The van der Waals surface area contributed by atoms with Crippen molar-refractivity contribution in [2.45, 2.75) is 9.32 Å². The van der Waals surface area contributed by atoms with Crippen molar-refractivity contribution in [1.82, 2.24) is 9.97 Å². The molecule has 0 saturated carbocycles. The van der Waals surface area contributed by atoms with Crippen molar-refractivity contribution in [1.29, 1.82) is 0 Å². The molecule has 0 aliphatic heterocycles. The van der Waals surface area contributed by atoms with Crippen molar-refractivity contribution in [2.75, 3.05) is 0 Å². The summed E-state index contributed by atoms with van der Waals surface area (Å²) >= 11 is 2.43. The number of nitrogens with zero attached hydrogens (tertiary/aromatic N) is 2. The summed E-state index contributed by atoms with van der Waals surface area (Å²) in [6.45, 7) is 0. The van der Waals surface area contributed by atoms with Gasteiger partial charge in [0, 0.05) is 40.1 Å². The van der Waals surface area contributed by atoms with E-state index in [0.29, 0.717) is 0 Å². The van der Waals surface area contributed by atoms with Gasteiger partial charge in [0.05, 0.1) is 0 Å². The maximum atomic E-state index is 12.2. The Kier molecular flexibility index (Phi) is 2.78. The number of hydrogen-bond acceptors (Lipinski definition) is 3. The van der Waals surface area contributed by atoms with E-state index in [1.165, 1.54) is 12.4 Å². The molecule has 0 aliphatic carbocycles. The predicted molar refractivity (Wildman–Crippen MR) is 41.8 cm³/mol. The van der Waals surface area contributed by atoms with Crippen LogP contribution in [-0.4, -0.2) is 14.1 Å². The molecule has 0 aliphatic rings. The van der Waals surface area contributed by atoms with Gasteiger partial charge in [-0.2, -0.15) is 8.78 Å². The van der Waals surface area contributed by atoms with Gasteiger partial charge < -0.3 is 0 Å². The molecule has 0 fully saturated rings. The van der Waals surface area contributed by atoms with Gasteiger partial charge in [-0.3, -0.25) is 0 Å². The number of aromatic nitrogens is 2. The van der Waals surface area contributed by atoms with Gasteiger partial charge in [-0.1, -0.05) is 0 Å². The van der Waals surface area contributed by atoms with Crippen LogP contribution in [0.2, 0.25) is 0 Å². The van der Waals surface area contributed by atoms with Crippen molar-refractivity contribution in [3.05, 3.63) is 18.5 Å². The second-order valence-electron chi connectivity index (χ2n) is 1.58. The van der Waals surface area contributed by atoms with E-state index < -0.39 is 4.16 Å². The molecule has 0 aromatic carbocycles. The Labute approximate surface area is 74.6 Å². The lowest BCUT2D eigenvalue weighted by molar-refractivity contribution is 0.220. The number of rotatable bonds is 2. The van der Waals surface area contributed by atoms with Crippen LogP contribution < -0.4 is 0 Å². The molecule has 0 spiro atoms. The van der Waals surface area contributed by atoms with Gasteiger partial charge in [-0.25, -0.2) is 9.97 Å². The zero-order valence-corrected chi connectivity index (χ0v) is 7.57. The minimum absolute atomic E-state index is 0.0503. The fraction of sp³-hybridized carbons (Fsp3) is 0.200. The zero-order chi connectivity index (χ0) is 8.32. The molecule has 0 amide bonds. The zero-order valence-electron chi connectivity index (χ0n) is 5.17. The van der Waals surface area contributed by atoms with Crippen LogP contribution in [0.5, 0.6) is 0 Å². The lowest BCUT2D eigenvalue weighted by Crippen LogP contribution is -1.98. The first-order chi connectivity index (χ1) is 5.08. The van der Waals surface area contributed by atoms with Crippen molar-refractivity contribution in [2.24, 2.45) is 0 Å². The Morgan fingerprint density at radius 1 is 1.36 bits per heavy atom. The second-order valence-corrected chi connectivity index (χ2v) is 4.18. The van der Waals surface area contributed by atoms with E-state index in [2.05, 4.69) is 25.9 Å². The van der Waals surface area contributed by atoms with Crippen molar-refractivity contribution in [3.63, 3.8) is 0 Å². The van der Waals surface area contributed by atoms with E-state index in [1.54, 1.807) is 6.07 Å². The first-order valence-electron chi connectivity index (χ1n) is 2.61. The summed E-state index contributed by atoms with van der Waals surface area (Å²) in [5.41, 5.74) is 0. The average molecular weight is 241 g/mol. The Hall–Kier alpha value is -0.230. The molecule has 0 atom stereocenters. The van der Waals surface area contributed by atoms with Crippen LogP contribution in [0.15, 0.2) is 23.6 Å². The lowest BCUT2D eigenvalue weighted by atomic mass is 10.7. The van der Waals surface area contributed by atoms with E-state index in [0.717, 1.165) is 0 Å². The topological polar surface area (TPSA) is 25.8 Å². The molecule has 0 bridgehead atoms. The molecule has 0 radical (unpaired) electrons. The van der Waals surface area contributed by atoms with Crippen LogP contribution in [0.4, 0.5) is 8.78 Å². The van der Waals surface area contributed by atoms with Gasteiger partial charge in [0.15, 0.2) is 5.16 Å². The molecular formula is C5H3BrF2N2S. The van der Waals surface area contributed by atoms with Gasteiger partial charge in [0.25, 0.3) is 0 Å². The fourth-order valence-electron chi connectivity index (χ4n) is 0.442.